The van der Waals surface area contributed by atoms with E-state index in [0.29, 0.717) is 42.5 Å². The minimum atomic E-state index is -4.46. The molecule has 2 unspecified atom stereocenters. The first-order valence-electron chi connectivity index (χ1n) is 10.5. The summed E-state index contributed by atoms with van der Waals surface area (Å²) in [4.78, 5) is 2.15. The van der Waals surface area contributed by atoms with Crippen molar-refractivity contribution in [2.24, 2.45) is 17.8 Å². The van der Waals surface area contributed by atoms with Crippen molar-refractivity contribution in [2.75, 3.05) is 13.1 Å². The van der Waals surface area contributed by atoms with Gasteiger partial charge in [-0.1, -0.05) is 44.2 Å². The molecule has 0 spiro atoms. The van der Waals surface area contributed by atoms with E-state index in [-0.39, 0.29) is 11.2 Å². The van der Waals surface area contributed by atoms with Crippen LogP contribution in [0.5, 0.6) is 0 Å². The Balaban J connectivity index is 1.38. The number of alkyl halides is 3. The molecule has 2 atom stereocenters. The number of hydrogen-bond donors (Lipinski definition) is 0. The average molecular weight is 414 g/mol. The molecule has 5 rings (SSSR count). The predicted octanol–water partition coefficient (Wildman–Crippen LogP) is 4.79. The zero-order valence-electron chi connectivity index (χ0n) is 17.1. The van der Waals surface area contributed by atoms with Gasteiger partial charge < -0.3 is 0 Å². The molecule has 0 radical (unpaired) electrons. The molecule has 4 nitrogen and oxygen atoms in total. The molecule has 1 saturated carbocycles. The number of nitrogens with zero attached hydrogens (tertiary/aromatic N) is 4. The molecule has 1 saturated heterocycles. The Kier molecular flexibility index (Phi) is 4.61. The highest BCUT2D eigenvalue weighted by molar-refractivity contribution is 5.53. The number of fused-ring (bicyclic) bond motifs is 2. The van der Waals surface area contributed by atoms with Gasteiger partial charge in [-0.3, -0.25) is 9.30 Å². The first kappa shape index (κ1) is 19.5. The summed E-state index contributed by atoms with van der Waals surface area (Å²) in [7, 11) is 0. The summed E-state index contributed by atoms with van der Waals surface area (Å²) < 4.78 is 43.5. The molecule has 0 amide bonds. The van der Waals surface area contributed by atoms with Gasteiger partial charge in [0, 0.05) is 32.3 Å². The molecule has 0 bridgehead atoms. The normalized spacial score (nSPS) is 24.0. The van der Waals surface area contributed by atoms with E-state index in [0.717, 1.165) is 13.1 Å². The number of hydrogen-bond acceptors (Lipinski definition) is 3. The Labute approximate surface area is 173 Å². The summed E-state index contributed by atoms with van der Waals surface area (Å²) in [6, 6.07) is 12.0. The Bertz CT molecular complexity index is 1050. The average Bonchev–Trinajstić information content (AvgIpc) is 2.99. The van der Waals surface area contributed by atoms with E-state index in [1.54, 1.807) is 12.3 Å². The predicted molar refractivity (Wildman–Crippen MR) is 108 cm³/mol. The van der Waals surface area contributed by atoms with E-state index in [1.165, 1.54) is 9.96 Å². The molecule has 30 heavy (non-hydrogen) atoms. The number of likely N-dealkylation sites (tertiary alicyclic amines) is 1. The summed E-state index contributed by atoms with van der Waals surface area (Å²) in [6.45, 7) is 6.02. The topological polar surface area (TPSA) is 33.4 Å². The van der Waals surface area contributed by atoms with Gasteiger partial charge >= 0.3 is 6.18 Å². The second-order valence-electron chi connectivity index (χ2n) is 9.08. The van der Waals surface area contributed by atoms with Crippen molar-refractivity contribution in [3.05, 3.63) is 65.1 Å². The van der Waals surface area contributed by atoms with Crippen LogP contribution in [-0.4, -0.2) is 32.6 Å². The lowest BCUT2D eigenvalue weighted by Gasteiger charge is -2.22. The van der Waals surface area contributed by atoms with E-state index in [4.69, 9.17) is 0 Å². The quantitative estimate of drug-likeness (QED) is 0.602. The van der Waals surface area contributed by atoms with Gasteiger partial charge in [0.15, 0.2) is 5.65 Å². The summed E-state index contributed by atoms with van der Waals surface area (Å²) in [6.07, 6.45) is -2.18. The molecule has 1 aliphatic carbocycles. The van der Waals surface area contributed by atoms with Gasteiger partial charge in [0.2, 0.25) is 0 Å². The molecule has 3 heterocycles. The van der Waals surface area contributed by atoms with E-state index in [9.17, 15) is 13.2 Å². The molecule has 1 aliphatic heterocycles. The standard InChI is InChI=1S/C23H25F3N4/c1-14(2)10-19-27-28-22-21(23(24,25)26)16(8-9-30(19)22)11-29-12-17-18(13-29)20(17)15-6-4-3-5-7-15/h3-9,14,17-18,20H,10-13H2,1-2H3. The van der Waals surface area contributed by atoms with Gasteiger partial charge in [0.25, 0.3) is 0 Å². The molecule has 2 aliphatic rings. The Morgan fingerprint density at radius 1 is 1.03 bits per heavy atom. The van der Waals surface area contributed by atoms with Gasteiger partial charge in [0.05, 0.1) is 0 Å². The highest BCUT2D eigenvalue weighted by Gasteiger charge is 2.56. The van der Waals surface area contributed by atoms with Gasteiger partial charge in [-0.25, -0.2) is 0 Å². The third-order valence-corrected chi connectivity index (χ3v) is 6.46. The van der Waals surface area contributed by atoms with Crippen molar-refractivity contribution < 1.29 is 13.2 Å². The van der Waals surface area contributed by atoms with Crippen LogP contribution in [0.3, 0.4) is 0 Å². The molecule has 2 fully saturated rings. The highest BCUT2D eigenvalue weighted by atomic mass is 19.4. The van der Waals surface area contributed by atoms with Crippen LogP contribution < -0.4 is 0 Å². The number of aromatic nitrogens is 3. The van der Waals surface area contributed by atoms with Crippen LogP contribution in [0.1, 0.15) is 42.3 Å². The maximum Gasteiger partial charge on any atom is 0.420 e. The van der Waals surface area contributed by atoms with Crippen LogP contribution >= 0.6 is 0 Å². The van der Waals surface area contributed by atoms with Crippen LogP contribution in [0, 0.1) is 17.8 Å². The van der Waals surface area contributed by atoms with Gasteiger partial charge in [0.1, 0.15) is 11.4 Å². The summed E-state index contributed by atoms with van der Waals surface area (Å²) in [5.41, 5.74) is 0.914. The maximum absolute atomic E-state index is 14.0. The number of rotatable bonds is 5. The first-order chi connectivity index (χ1) is 14.3. The number of halogens is 3. The van der Waals surface area contributed by atoms with Crippen LogP contribution in [0.4, 0.5) is 13.2 Å². The zero-order chi connectivity index (χ0) is 21.0. The van der Waals surface area contributed by atoms with Crippen molar-refractivity contribution in [1.82, 2.24) is 19.5 Å². The first-order valence-corrected chi connectivity index (χ1v) is 10.5. The fraction of sp³-hybridized carbons (Fsp3) is 0.478. The largest absolute Gasteiger partial charge is 0.420 e. The SMILES string of the molecule is CC(C)Cc1nnc2c(C(F)(F)F)c(CN3CC4C(C3)C4c3ccccc3)ccn12. The maximum atomic E-state index is 14.0. The van der Waals surface area contributed by atoms with Crippen LogP contribution in [0.2, 0.25) is 0 Å². The van der Waals surface area contributed by atoms with E-state index >= 15 is 0 Å². The van der Waals surface area contributed by atoms with Gasteiger partial charge in [-0.05, 0) is 40.9 Å². The minimum absolute atomic E-state index is 0.0813. The Morgan fingerprint density at radius 3 is 2.37 bits per heavy atom. The Hall–Kier alpha value is -2.41. The molecule has 7 heteroatoms. The molecular weight excluding hydrogens is 389 g/mol. The van der Waals surface area contributed by atoms with Crippen LogP contribution in [0.25, 0.3) is 5.65 Å². The van der Waals surface area contributed by atoms with Gasteiger partial charge in [-0.2, -0.15) is 13.2 Å². The fourth-order valence-corrected chi connectivity index (χ4v) is 5.14. The third-order valence-electron chi connectivity index (χ3n) is 6.46. The van der Waals surface area contributed by atoms with Gasteiger partial charge in [-0.15, -0.1) is 10.2 Å². The third kappa shape index (κ3) is 3.39. The second-order valence-corrected chi connectivity index (χ2v) is 9.08. The van der Waals surface area contributed by atoms with Crippen molar-refractivity contribution in [1.29, 1.82) is 0 Å². The monoisotopic (exact) mass is 414 g/mol. The van der Waals surface area contributed by atoms with Crippen molar-refractivity contribution in [2.45, 2.75) is 38.9 Å². The number of benzene rings is 1. The molecule has 0 N–H and O–H groups in total. The van der Waals surface area contributed by atoms with E-state index in [2.05, 4.69) is 39.4 Å². The highest BCUT2D eigenvalue weighted by Crippen LogP contribution is 2.58. The minimum Gasteiger partial charge on any atom is -0.298 e. The van der Waals surface area contributed by atoms with Crippen LogP contribution in [-0.2, 0) is 19.1 Å². The zero-order valence-corrected chi connectivity index (χ0v) is 17.1. The van der Waals surface area contributed by atoms with E-state index in [1.807, 2.05) is 19.9 Å². The summed E-state index contributed by atoms with van der Waals surface area (Å²) in [5, 5.41) is 7.97. The van der Waals surface area contributed by atoms with Crippen molar-refractivity contribution >= 4 is 5.65 Å². The summed E-state index contributed by atoms with van der Waals surface area (Å²) >= 11 is 0. The van der Waals surface area contributed by atoms with Crippen molar-refractivity contribution in [3.8, 4) is 0 Å². The second kappa shape index (κ2) is 7.08. The molecular formula is C23H25F3N4. The van der Waals surface area contributed by atoms with Crippen molar-refractivity contribution in [3.63, 3.8) is 0 Å². The smallest absolute Gasteiger partial charge is 0.298 e. The lowest BCUT2D eigenvalue weighted by atomic mass is 10.1. The Morgan fingerprint density at radius 2 is 1.73 bits per heavy atom. The number of piperidine rings is 1. The molecule has 1 aromatic carbocycles. The molecule has 3 aromatic rings. The van der Waals surface area contributed by atoms with Crippen LogP contribution in [0.15, 0.2) is 42.6 Å². The number of pyridine rings is 1. The lowest BCUT2D eigenvalue weighted by molar-refractivity contribution is -0.137. The van der Waals surface area contributed by atoms with E-state index < -0.39 is 11.7 Å². The molecule has 2 aromatic heterocycles. The fourth-order valence-electron chi connectivity index (χ4n) is 5.14. The lowest BCUT2D eigenvalue weighted by Crippen LogP contribution is -2.26. The molecule has 158 valence electrons. The summed E-state index contributed by atoms with van der Waals surface area (Å²) in [5.74, 6) is 2.53.